The van der Waals surface area contributed by atoms with Crippen LogP contribution >= 0.6 is 0 Å². The fraction of sp³-hybridized carbons (Fsp3) is 0.714. The number of carboxylic acids is 1. The summed E-state index contributed by atoms with van der Waals surface area (Å²) in [4.78, 5) is 13.5. The number of carbonyl (C=O) groups is 1. The van der Waals surface area contributed by atoms with Gasteiger partial charge in [0.2, 0.25) is 0 Å². The molecule has 1 saturated heterocycles. The Morgan fingerprint density at radius 3 is 2.95 bits per heavy atom. The molecule has 1 N–H and O–H groups in total. The Hall–Kier alpha value is -1.56. The van der Waals surface area contributed by atoms with Gasteiger partial charge in [-0.3, -0.25) is 4.68 Å². The summed E-state index contributed by atoms with van der Waals surface area (Å²) in [5.41, 5.74) is 0.871. The van der Waals surface area contributed by atoms with E-state index in [0.717, 1.165) is 39.0 Å². The van der Waals surface area contributed by atoms with Crippen LogP contribution in [-0.4, -0.2) is 46.7 Å². The van der Waals surface area contributed by atoms with E-state index < -0.39 is 5.97 Å². The Morgan fingerprint density at radius 1 is 1.55 bits per heavy atom. The lowest BCUT2D eigenvalue weighted by Crippen LogP contribution is -2.41. The van der Waals surface area contributed by atoms with Gasteiger partial charge in [-0.15, -0.1) is 0 Å². The molecule has 0 radical (unpaired) electrons. The van der Waals surface area contributed by atoms with Gasteiger partial charge in [-0.05, 0) is 26.2 Å². The summed E-state index contributed by atoms with van der Waals surface area (Å²) in [6, 6.07) is 0. The molecule has 1 atom stereocenters. The van der Waals surface area contributed by atoms with E-state index in [1.54, 1.807) is 18.7 Å². The summed E-state index contributed by atoms with van der Waals surface area (Å²) in [5, 5.41) is 13.6. The number of hydrogen-bond donors (Lipinski definition) is 1. The van der Waals surface area contributed by atoms with Gasteiger partial charge in [-0.25, -0.2) is 4.79 Å². The fourth-order valence-corrected chi connectivity index (χ4v) is 2.81. The molecule has 1 unspecified atom stereocenters. The van der Waals surface area contributed by atoms with Gasteiger partial charge in [0, 0.05) is 26.7 Å². The van der Waals surface area contributed by atoms with Crippen LogP contribution < -0.4 is 4.90 Å². The lowest BCUT2D eigenvalue weighted by atomic mass is 10.1. The molecule has 112 valence electrons. The first-order chi connectivity index (χ1) is 9.54. The van der Waals surface area contributed by atoms with Crippen molar-refractivity contribution in [1.82, 2.24) is 9.78 Å². The SMILES string of the molecule is CCCOC1CCCN(c2c(C(=O)O)c(C)nn2C)C1. The molecule has 2 rings (SSSR count). The standard InChI is InChI=1S/C14H23N3O3/c1-4-8-20-11-6-5-7-17(9-11)13-12(14(18)19)10(2)15-16(13)3/h11H,4-9H2,1-3H3,(H,18,19). The van der Waals surface area contributed by atoms with E-state index in [2.05, 4.69) is 16.9 Å². The fourth-order valence-electron chi connectivity index (χ4n) is 2.81. The summed E-state index contributed by atoms with van der Waals surface area (Å²) >= 11 is 0. The van der Waals surface area contributed by atoms with E-state index in [1.165, 1.54) is 0 Å². The molecule has 0 aliphatic carbocycles. The molecule has 0 amide bonds. The van der Waals surface area contributed by atoms with Crippen molar-refractivity contribution in [1.29, 1.82) is 0 Å². The monoisotopic (exact) mass is 281 g/mol. The average Bonchev–Trinajstić information content (AvgIpc) is 2.71. The van der Waals surface area contributed by atoms with Gasteiger partial charge in [0.15, 0.2) is 0 Å². The van der Waals surface area contributed by atoms with E-state index in [1.807, 2.05) is 0 Å². The van der Waals surface area contributed by atoms with Gasteiger partial charge in [0.25, 0.3) is 0 Å². The topological polar surface area (TPSA) is 67.6 Å². The number of hydrogen-bond acceptors (Lipinski definition) is 4. The molecule has 1 aliphatic rings. The lowest BCUT2D eigenvalue weighted by molar-refractivity contribution is 0.0436. The molecule has 0 bridgehead atoms. The highest BCUT2D eigenvalue weighted by atomic mass is 16.5. The van der Waals surface area contributed by atoms with Crippen LogP contribution in [0.25, 0.3) is 0 Å². The van der Waals surface area contributed by atoms with Gasteiger partial charge in [-0.1, -0.05) is 6.92 Å². The Balaban J connectivity index is 2.20. The number of anilines is 1. The van der Waals surface area contributed by atoms with Gasteiger partial charge in [-0.2, -0.15) is 5.10 Å². The van der Waals surface area contributed by atoms with Gasteiger partial charge < -0.3 is 14.7 Å². The first-order valence-electron chi connectivity index (χ1n) is 7.18. The van der Waals surface area contributed by atoms with Crippen LogP contribution in [0.1, 0.15) is 42.2 Å². The third kappa shape index (κ3) is 2.95. The van der Waals surface area contributed by atoms with Crippen LogP contribution in [0, 0.1) is 6.92 Å². The Labute approximate surface area is 119 Å². The summed E-state index contributed by atoms with van der Waals surface area (Å²) < 4.78 is 7.48. The smallest absolute Gasteiger partial charge is 0.341 e. The Morgan fingerprint density at radius 2 is 2.30 bits per heavy atom. The van der Waals surface area contributed by atoms with E-state index in [9.17, 15) is 9.90 Å². The molecule has 2 heterocycles. The van der Waals surface area contributed by atoms with E-state index in [4.69, 9.17) is 4.74 Å². The van der Waals surface area contributed by atoms with Gasteiger partial charge >= 0.3 is 5.97 Å². The summed E-state index contributed by atoms with van der Waals surface area (Å²) in [7, 11) is 1.80. The molecule has 1 aliphatic heterocycles. The van der Waals surface area contributed by atoms with Crippen LogP contribution in [0.15, 0.2) is 0 Å². The molecule has 0 spiro atoms. The van der Waals surface area contributed by atoms with Gasteiger partial charge in [0.05, 0.1) is 11.8 Å². The van der Waals surface area contributed by atoms with Crippen LogP contribution in [-0.2, 0) is 11.8 Å². The van der Waals surface area contributed by atoms with Crippen molar-refractivity contribution in [3.05, 3.63) is 11.3 Å². The quantitative estimate of drug-likeness (QED) is 0.891. The first-order valence-corrected chi connectivity index (χ1v) is 7.18. The number of aromatic carboxylic acids is 1. The largest absolute Gasteiger partial charge is 0.477 e. The summed E-state index contributed by atoms with van der Waals surface area (Å²) in [5.74, 6) is -0.220. The van der Waals surface area contributed by atoms with Crippen LogP contribution in [0.2, 0.25) is 0 Å². The molecule has 0 aromatic carbocycles. The molecule has 6 heteroatoms. The molecule has 1 aromatic rings. The third-order valence-electron chi connectivity index (χ3n) is 3.64. The number of rotatable bonds is 5. The maximum absolute atomic E-state index is 11.4. The normalized spacial score (nSPS) is 19.4. The maximum atomic E-state index is 11.4. The van der Waals surface area contributed by atoms with E-state index in [0.29, 0.717) is 17.1 Å². The second kappa shape index (κ2) is 6.26. The number of nitrogens with zero attached hydrogens (tertiary/aromatic N) is 3. The van der Waals surface area contributed by atoms with Crippen molar-refractivity contribution < 1.29 is 14.6 Å². The number of carboxylic acid groups (broad SMARTS) is 1. The predicted molar refractivity (Wildman–Crippen MR) is 76.4 cm³/mol. The second-order valence-electron chi connectivity index (χ2n) is 5.29. The number of aryl methyl sites for hydroxylation is 2. The van der Waals surface area contributed by atoms with Crippen molar-refractivity contribution >= 4 is 11.8 Å². The van der Waals surface area contributed by atoms with Gasteiger partial charge in [0.1, 0.15) is 11.4 Å². The molecule has 1 fully saturated rings. The van der Waals surface area contributed by atoms with Crippen molar-refractivity contribution in [2.75, 3.05) is 24.6 Å². The second-order valence-corrected chi connectivity index (χ2v) is 5.29. The summed E-state index contributed by atoms with van der Waals surface area (Å²) in [6.07, 6.45) is 3.23. The zero-order chi connectivity index (χ0) is 14.7. The van der Waals surface area contributed by atoms with Crippen molar-refractivity contribution in [2.45, 2.75) is 39.2 Å². The minimum Gasteiger partial charge on any atom is -0.477 e. The molecule has 6 nitrogen and oxygen atoms in total. The van der Waals surface area contributed by atoms with Crippen LogP contribution in [0.5, 0.6) is 0 Å². The van der Waals surface area contributed by atoms with Crippen LogP contribution in [0.3, 0.4) is 0 Å². The highest BCUT2D eigenvalue weighted by Gasteiger charge is 2.28. The lowest BCUT2D eigenvalue weighted by Gasteiger charge is -2.34. The summed E-state index contributed by atoms with van der Waals surface area (Å²) in [6.45, 7) is 6.18. The zero-order valence-electron chi connectivity index (χ0n) is 12.4. The highest BCUT2D eigenvalue weighted by molar-refractivity contribution is 5.94. The highest BCUT2D eigenvalue weighted by Crippen LogP contribution is 2.27. The molecule has 20 heavy (non-hydrogen) atoms. The van der Waals surface area contributed by atoms with E-state index in [-0.39, 0.29) is 6.10 Å². The number of piperidine rings is 1. The minimum absolute atomic E-state index is 0.181. The molecule has 1 aromatic heterocycles. The molecular weight excluding hydrogens is 258 g/mol. The van der Waals surface area contributed by atoms with Crippen LogP contribution in [0.4, 0.5) is 5.82 Å². The third-order valence-corrected chi connectivity index (χ3v) is 3.64. The first kappa shape index (κ1) is 14.8. The minimum atomic E-state index is -0.915. The van der Waals surface area contributed by atoms with E-state index >= 15 is 0 Å². The average molecular weight is 281 g/mol. The Kier molecular flexibility index (Phi) is 4.65. The Bertz CT molecular complexity index is 484. The van der Waals surface area contributed by atoms with Crippen molar-refractivity contribution in [3.63, 3.8) is 0 Å². The number of ether oxygens (including phenoxy) is 1. The van der Waals surface area contributed by atoms with Crippen molar-refractivity contribution in [2.24, 2.45) is 7.05 Å². The maximum Gasteiger partial charge on any atom is 0.341 e. The zero-order valence-corrected chi connectivity index (χ0v) is 12.4. The molecule has 0 saturated carbocycles. The van der Waals surface area contributed by atoms with Crippen molar-refractivity contribution in [3.8, 4) is 0 Å². The number of aromatic nitrogens is 2. The predicted octanol–water partition coefficient (Wildman–Crippen LogP) is 1.82. The molecular formula is C14H23N3O3.